The van der Waals surface area contributed by atoms with Crippen molar-refractivity contribution in [1.29, 1.82) is 0 Å². The normalized spacial score (nSPS) is 11.4. The standard InChI is InChI=1S/C12H19N2O4/c1-7(2)5-9-11(15)14(18)10(6-8(3)4)12(16)13(9)17/h7-8,15H,5-6H2,1-4H3/q-1. The molecular weight excluding hydrogens is 236 g/mol. The monoisotopic (exact) mass is 255 g/mol. The van der Waals surface area contributed by atoms with Crippen LogP contribution in [0.1, 0.15) is 39.1 Å². The molecule has 1 N–H and O–H groups in total. The van der Waals surface area contributed by atoms with Gasteiger partial charge in [-0.25, -0.2) is 0 Å². The molecule has 0 amide bonds. The summed E-state index contributed by atoms with van der Waals surface area (Å²) in [5, 5.41) is 33.3. The minimum Gasteiger partial charge on any atom is -0.803 e. The Bertz CT molecular complexity index is 492. The van der Waals surface area contributed by atoms with Gasteiger partial charge < -0.3 is 20.3 Å². The molecule has 0 saturated heterocycles. The lowest BCUT2D eigenvalue weighted by atomic mass is 10.1. The van der Waals surface area contributed by atoms with Gasteiger partial charge in [-0.2, -0.15) is 0 Å². The second-order valence-electron chi connectivity index (χ2n) is 5.31. The molecule has 0 bridgehead atoms. The summed E-state index contributed by atoms with van der Waals surface area (Å²) < 4.78 is 0.329. The fourth-order valence-corrected chi connectivity index (χ4v) is 1.78. The van der Waals surface area contributed by atoms with Crippen LogP contribution >= 0.6 is 0 Å². The summed E-state index contributed by atoms with van der Waals surface area (Å²) in [6.45, 7) is 7.32. The van der Waals surface area contributed by atoms with Crippen LogP contribution in [0.2, 0.25) is 0 Å². The summed E-state index contributed by atoms with van der Waals surface area (Å²) in [7, 11) is 0. The molecule has 18 heavy (non-hydrogen) atoms. The van der Waals surface area contributed by atoms with Crippen molar-refractivity contribution in [3.63, 3.8) is 0 Å². The molecule has 1 aromatic heterocycles. The predicted molar refractivity (Wildman–Crippen MR) is 67.2 cm³/mol. The van der Waals surface area contributed by atoms with Gasteiger partial charge in [-0.15, -0.1) is 4.73 Å². The van der Waals surface area contributed by atoms with Gasteiger partial charge in [0, 0.05) is 12.8 Å². The molecule has 1 heterocycles. The van der Waals surface area contributed by atoms with E-state index >= 15 is 0 Å². The first kappa shape index (κ1) is 14.3. The molecule has 0 aliphatic carbocycles. The van der Waals surface area contributed by atoms with Crippen LogP contribution in [0.5, 0.6) is 5.88 Å². The van der Waals surface area contributed by atoms with E-state index in [2.05, 4.69) is 0 Å². The van der Waals surface area contributed by atoms with Crippen LogP contribution in [0.3, 0.4) is 0 Å². The minimum atomic E-state index is -0.868. The molecule has 6 heteroatoms. The zero-order valence-electron chi connectivity index (χ0n) is 11.1. The van der Waals surface area contributed by atoms with Gasteiger partial charge in [-0.05, 0) is 11.8 Å². The Balaban J connectivity index is 3.41. The Morgan fingerprint density at radius 2 is 1.72 bits per heavy atom. The fraction of sp³-hybridized carbons (Fsp3) is 0.667. The average Bonchev–Trinajstić information content (AvgIpc) is 2.27. The predicted octanol–water partition coefficient (Wildman–Crippen LogP) is 0.930. The molecule has 0 unspecified atom stereocenters. The van der Waals surface area contributed by atoms with Crippen molar-refractivity contribution >= 4 is 0 Å². The first-order valence-corrected chi connectivity index (χ1v) is 6.02. The van der Waals surface area contributed by atoms with Crippen molar-refractivity contribution in [2.75, 3.05) is 0 Å². The zero-order chi connectivity index (χ0) is 14.0. The summed E-state index contributed by atoms with van der Waals surface area (Å²) in [4.78, 5) is 11.8. The molecule has 0 aliphatic rings. The second-order valence-corrected chi connectivity index (χ2v) is 5.31. The van der Waals surface area contributed by atoms with Crippen LogP contribution in [0.15, 0.2) is 4.79 Å². The van der Waals surface area contributed by atoms with Crippen molar-refractivity contribution in [1.82, 2.24) is 4.73 Å². The Hall–Kier alpha value is -1.72. The molecule has 0 radical (unpaired) electrons. The minimum absolute atomic E-state index is 0.0493. The molecule has 0 aliphatic heterocycles. The molecule has 0 spiro atoms. The summed E-state index contributed by atoms with van der Waals surface area (Å²) in [5.74, 6) is -0.548. The van der Waals surface area contributed by atoms with Crippen molar-refractivity contribution in [2.24, 2.45) is 11.8 Å². The van der Waals surface area contributed by atoms with Crippen LogP contribution in [-0.4, -0.2) is 9.84 Å². The van der Waals surface area contributed by atoms with Crippen LogP contribution in [-0.2, 0) is 12.8 Å². The third kappa shape index (κ3) is 2.75. The third-order valence-electron chi connectivity index (χ3n) is 2.58. The van der Waals surface area contributed by atoms with Crippen molar-refractivity contribution < 1.29 is 9.84 Å². The molecule has 0 saturated carbocycles. The fourth-order valence-electron chi connectivity index (χ4n) is 1.78. The quantitative estimate of drug-likeness (QED) is 0.640. The number of aromatic nitrogens is 2. The highest BCUT2D eigenvalue weighted by Crippen LogP contribution is 2.15. The van der Waals surface area contributed by atoms with Crippen molar-refractivity contribution in [3.8, 4) is 5.88 Å². The Morgan fingerprint density at radius 1 is 1.22 bits per heavy atom. The van der Waals surface area contributed by atoms with Gasteiger partial charge in [0.15, 0.2) is 0 Å². The Morgan fingerprint density at radius 3 is 2.17 bits per heavy atom. The van der Waals surface area contributed by atoms with E-state index in [4.69, 9.17) is 0 Å². The third-order valence-corrected chi connectivity index (χ3v) is 2.58. The molecule has 0 aromatic carbocycles. The number of aromatic hydroxyl groups is 1. The number of nitrogens with zero attached hydrogens (tertiary/aromatic N) is 2. The number of hydrogen-bond donors (Lipinski definition) is 1. The lowest BCUT2D eigenvalue weighted by Crippen LogP contribution is -2.44. The maximum Gasteiger partial charge on any atom is 0.397 e. The lowest BCUT2D eigenvalue weighted by Gasteiger charge is -2.19. The molecule has 0 fully saturated rings. The largest absolute Gasteiger partial charge is 0.803 e. The SMILES string of the molecule is CC(C)Cc1c(O)[n+]([O-])c(CC(C)C)c(=O)n1[O-]. The number of rotatable bonds is 4. The van der Waals surface area contributed by atoms with Crippen LogP contribution in [0.4, 0.5) is 0 Å². The second kappa shape index (κ2) is 5.29. The summed E-state index contributed by atoms with van der Waals surface area (Å²) >= 11 is 0. The summed E-state index contributed by atoms with van der Waals surface area (Å²) in [5.41, 5.74) is -1.23. The average molecular weight is 255 g/mol. The molecule has 0 atom stereocenters. The maximum absolute atomic E-state index is 11.8. The van der Waals surface area contributed by atoms with E-state index in [1.54, 1.807) is 0 Å². The molecule has 1 rings (SSSR count). The van der Waals surface area contributed by atoms with Crippen molar-refractivity contribution in [3.05, 3.63) is 32.2 Å². The van der Waals surface area contributed by atoms with E-state index in [-0.39, 0.29) is 45.5 Å². The highest BCUT2D eigenvalue weighted by molar-refractivity contribution is 5.16. The van der Waals surface area contributed by atoms with Gasteiger partial charge in [0.2, 0.25) is 0 Å². The highest BCUT2D eigenvalue weighted by Gasteiger charge is 2.23. The van der Waals surface area contributed by atoms with E-state index in [0.717, 1.165) is 0 Å². The van der Waals surface area contributed by atoms with Crippen LogP contribution < -0.4 is 10.3 Å². The van der Waals surface area contributed by atoms with E-state index in [1.165, 1.54) is 0 Å². The van der Waals surface area contributed by atoms with Gasteiger partial charge in [0.1, 0.15) is 5.69 Å². The summed E-state index contributed by atoms with van der Waals surface area (Å²) in [6.07, 6.45) is 0.356. The Labute approximate surface area is 106 Å². The molecule has 6 nitrogen and oxygen atoms in total. The van der Waals surface area contributed by atoms with E-state index in [0.29, 0.717) is 0 Å². The van der Waals surface area contributed by atoms with Gasteiger partial charge in [0.25, 0.3) is 5.69 Å². The smallest absolute Gasteiger partial charge is 0.397 e. The van der Waals surface area contributed by atoms with Crippen LogP contribution in [0.25, 0.3) is 0 Å². The maximum atomic E-state index is 11.8. The van der Waals surface area contributed by atoms with Gasteiger partial charge in [0.05, 0.1) is 0 Å². The molecule has 1 aromatic rings. The zero-order valence-corrected chi connectivity index (χ0v) is 11.1. The van der Waals surface area contributed by atoms with E-state index in [9.17, 15) is 20.3 Å². The van der Waals surface area contributed by atoms with Gasteiger partial charge >= 0.3 is 11.4 Å². The van der Waals surface area contributed by atoms with Crippen molar-refractivity contribution in [2.45, 2.75) is 40.5 Å². The Kier molecular flexibility index (Phi) is 4.21. The number of hydrogen-bond acceptors (Lipinski definition) is 4. The molecular formula is C12H19N2O4-. The van der Waals surface area contributed by atoms with E-state index in [1.807, 2.05) is 27.7 Å². The topological polar surface area (TPSA) is 92.2 Å². The van der Waals surface area contributed by atoms with E-state index < -0.39 is 11.4 Å². The van der Waals surface area contributed by atoms with Crippen LogP contribution in [0, 0.1) is 22.3 Å². The first-order chi connectivity index (χ1) is 8.25. The van der Waals surface area contributed by atoms with Gasteiger partial charge in [-0.1, -0.05) is 27.7 Å². The molecule has 102 valence electrons. The van der Waals surface area contributed by atoms with Gasteiger partial charge in [-0.3, -0.25) is 4.79 Å². The summed E-state index contributed by atoms with van der Waals surface area (Å²) in [6, 6.07) is 0. The lowest BCUT2D eigenvalue weighted by molar-refractivity contribution is -0.624. The highest BCUT2D eigenvalue weighted by atomic mass is 16.5. The first-order valence-electron chi connectivity index (χ1n) is 6.02.